The predicted octanol–water partition coefficient (Wildman–Crippen LogP) is 1.26. The summed E-state index contributed by atoms with van der Waals surface area (Å²) < 4.78 is 0. The fourth-order valence-corrected chi connectivity index (χ4v) is 0.730. The maximum absolute atomic E-state index is 10.1. The largest absolute Gasteiger partial charge is 0.477 e. The van der Waals surface area contributed by atoms with Crippen LogP contribution in [0.1, 0.15) is 10.5 Å². The highest BCUT2D eigenvalue weighted by Crippen LogP contribution is 1.87. The van der Waals surface area contributed by atoms with E-state index in [2.05, 4.69) is 15.0 Å². The fraction of sp³-hybridized carbons (Fsp3) is 0. The van der Waals surface area contributed by atoms with Gasteiger partial charge in [-0.1, -0.05) is 6.07 Å². The number of nitrogens with zero attached hydrogens (tertiary/aromatic N) is 3. The molecule has 0 aliphatic rings. The zero-order chi connectivity index (χ0) is 10.9. The second kappa shape index (κ2) is 6.20. The van der Waals surface area contributed by atoms with Crippen molar-refractivity contribution in [3.05, 3.63) is 54.9 Å². The number of hydrogen-bond donors (Lipinski definition) is 1. The summed E-state index contributed by atoms with van der Waals surface area (Å²) in [4.78, 5) is 20.9. The number of carboxylic acid groups (broad SMARTS) is 1. The Morgan fingerprint density at radius 2 is 1.80 bits per heavy atom. The molecule has 0 aliphatic heterocycles. The molecule has 5 heteroatoms. The third kappa shape index (κ3) is 4.47. The molecule has 2 aromatic heterocycles. The Morgan fingerprint density at radius 3 is 2.07 bits per heavy atom. The number of rotatable bonds is 1. The minimum absolute atomic E-state index is 0.0185. The number of pyridine rings is 1. The fourth-order valence-electron chi connectivity index (χ4n) is 0.730. The molecule has 2 rings (SSSR count). The van der Waals surface area contributed by atoms with Crippen molar-refractivity contribution in [1.82, 2.24) is 15.0 Å². The predicted molar refractivity (Wildman–Crippen MR) is 53.2 cm³/mol. The van der Waals surface area contributed by atoms with Crippen LogP contribution in [0.2, 0.25) is 0 Å². The molecule has 0 aromatic carbocycles. The molecule has 0 aliphatic carbocycles. The summed E-state index contributed by atoms with van der Waals surface area (Å²) in [6.07, 6.45) is 6.08. The van der Waals surface area contributed by atoms with Gasteiger partial charge in [0.25, 0.3) is 0 Å². The molecule has 1 N–H and O–H groups in total. The van der Waals surface area contributed by atoms with Gasteiger partial charge in [0.1, 0.15) is 6.33 Å². The topological polar surface area (TPSA) is 76.0 Å². The maximum Gasteiger partial charge on any atom is 0.354 e. The Morgan fingerprint density at radius 1 is 1.07 bits per heavy atom. The van der Waals surface area contributed by atoms with Crippen molar-refractivity contribution in [1.29, 1.82) is 0 Å². The molecule has 76 valence electrons. The average Bonchev–Trinajstić information content (AvgIpc) is 2.33. The number of hydrogen-bond acceptors (Lipinski definition) is 4. The third-order valence-corrected chi connectivity index (χ3v) is 1.37. The van der Waals surface area contributed by atoms with Crippen molar-refractivity contribution in [3.8, 4) is 0 Å². The molecule has 2 aromatic rings. The second-order valence-corrected chi connectivity index (χ2v) is 2.42. The van der Waals surface area contributed by atoms with E-state index in [0.717, 1.165) is 0 Å². The molecule has 0 unspecified atom stereocenters. The van der Waals surface area contributed by atoms with Crippen LogP contribution < -0.4 is 0 Å². The van der Waals surface area contributed by atoms with E-state index in [9.17, 15) is 4.79 Å². The Kier molecular flexibility index (Phi) is 4.45. The summed E-state index contributed by atoms with van der Waals surface area (Å²) in [5.74, 6) is -1.03. The van der Waals surface area contributed by atoms with Gasteiger partial charge in [0.2, 0.25) is 0 Å². The highest BCUT2D eigenvalue weighted by Gasteiger charge is 1.99. The highest BCUT2D eigenvalue weighted by atomic mass is 16.4. The van der Waals surface area contributed by atoms with Gasteiger partial charge in [0.15, 0.2) is 5.69 Å². The Labute approximate surface area is 86.5 Å². The number of carboxylic acids is 1. The quantitative estimate of drug-likeness (QED) is 0.754. The van der Waals surface area contributed by atoms with Crippen molar-refractivity contribution < 1.29 is 9.90 Å². The van der Waals surface area contributed by atoms with E-state index < -0.39 is 5.97 Å². The van der Waals surface area contributed by atoms with Crippen molar-refractivity contribution >= 4 is 5.97 Å². The zero-order valence-electron chi connectivity index (χ0n) is 7.82. The summed E-state index contributed by atoms with van der Waals surface area (Å²) >= 11 is 0. The van der Waals surface area contributed by atoms with Gasteiger partial charge in [-0.05, 0) is 18.2 Å². The van der Waals surface area contributed by atoms with E-state index in [1.54, 1.807) is 12.4 Å². The van der Waals surface area contributed by atoms with Gasteiger partial charge >= 0.3 is 5.97 Å². The molecule has 0 bridgehead atoms. The van der Waals surface area contributed by atoms with Crippen molar-refractivity contribution in [2.45, 2.75) is 0 Å². The van der Waals surface area contributed by atoms with Gasteiger partial charge < -0.3 is 5.11 Å². The molecule has 5 nitrogen and oxygen atoms in total. The van der Waals surface area contributed by atoms with Gasteiger partial charge in [-0.15, -0.1) is 0 Å². The first-order chi connectivity index (χ1) is 7.30. The normalized spacial score (nSPS) is 8.53. The van der Waals surface area contributed by atoms with E-state index >= 15 is 0 Å². The van der Waals surface area contributed by atoms with Crippen LogP contribution in [0.25, 0.3) is 0 Å². The van der Waals surface area contributed by atoms with Crippen molar-refractivity contribution in [2.75, 3.05) is 0 Å². The van der Waals surface area contributed by atoms with Crippen molar-refractivity contribution in [2.24, 2.45) is 0 Å². The van der Waals surface area contributed by atoms with Gasteiger partial charge in [0, 0.05) is 18.6 Å². The molecule has 0 radical (unpaired) electrons. The maximum atomic E-state index is 10.1. The molecule has 0 amide bonds. The van der Waals surface area contributed by atoms with Gasteiger partial charge in [-0.2, -0.15) is 0 Å². The summed E-state index contributed by atoms with van der Waals surface area (Å²) in [7, 11) is 0. The molecule has 0 atom stereocenters. The lowest BCUT2D eigenvalue weighted by Gasteiger charge is -1.86. The number of aromatic carboxylic acids is 1. The SMILES string of the molecule is O=C(O)c1ccncn1.c1ccncc1. The minimum Gasteiger partial charge on any atom is -0.477 e. The second-order valence-electron chi connectivity index (χ2n) is 2.42. The van der Waals surface area contributed by atoms with Crippen LogP contribution in [-0.4, -0.2) is 26.0 Å². The summed E-state index contributed by atoms with van der Waals surface area (Å²) in [5, 5.41) is 8.29. The first-order valence-electron chi connectivity index (χ1n) is 4.15. The first-order valence-corrected chi connectivity index (χ1v) is 4.15. The van der Waals surface area contributed by atoms with Gasteiger partial charge in [-0.3, -0.25) is 4.98 Å². The molecule has 0 fully saturated rings. The lowest BCUT2D eigenvalue weighted by atomic mass is 10.4. The van der Waals surface area contributed by atoms with Crippen LogP contribution in [0.5, 0.6) is 0 Å². The molecular weight excluding hydrogens is 194 g/mol. The van der Waals surface area contributed by atoms with Crippen LogP contribution in [0, 0.1) is 0 Å². The Bertz CT molecular complexity index is 365. The standard InChI is InChI=1S/C5H4N2O2.C5H5N/c8-5(9)4-1-2-6-3-7-4;1-2-4-6-5-3-1/h1-3H,(H,8,9);1-5H. The Hall–Kier alpha value is -2.30. The van der Waals surface area contributed by atoms with E-state index in [1.807, 2.05) is 18.2 Å². The van der Waals surface area contributed by atoms with Crippen molar-refractivity contribution in [3.63, 3.8) is 0 Å². The average molecular weight is 203 g/mol. The van der Waals surface area contributed by atoms with Gasteiger partial charge in [0.05, 0.1) is 0 Å². The van der Waals surface area contributed by atoms with Crippen LogP contribution >= 0.6 is 0 Å². The van der Waals surface area contributed by atoms with Gasteiger partial charge in [-0.25, -0.2) is 14.8 Å². The van der Waals surface area contributed by atoms with Crippen LogP contribution in [0.3, 0.4) is 0 Å². The summed E-state index contributed by atoms with van der Waals surface area (Å²) in [5.41, 5.74) is 0.0185. The smallest absolute Gasteiger partial charge is 0.354 e. The molecule has 0 spiro atoms. The van der Waals surface area contributed by atoms with E-state index in [1.165, 1.54) is 18.6 Å². The molecule has 0 saturated carbocycles. The van der Waals surface area contributed by atoms with Crippen LogP contribution in [0.15, 0.2) is 49.2 Å². The van der Waals surface area contributed by atoms with Crippen LogP contribution in [-0.2, 0) is 0 Å². The third-order valence-electron chi connectivity index (χ3n) is 1.37. The molecular formula is C10H9N3O2. The monoisotopic (exact) mass is 203 g/mol. The Balaban J connectivity index is 0.000000162. The summed E-state index contributed by atoms with van der Waals surface area (Å²) in [6, 6.07) is 7.05. The first kappa shape index (κ1) is 10.8. The van der Waals surface area contributed by atoms with E-state index in [0.29, 0.717) is 0 Å². The van der Waals surface area contributed by atoms with E-state index in [4.69, 9.17) is 5.11 Å². The minimum atomic E-state index is -1.03. The molecule has 2 heterocycles. The lowest BCUT2D eigenvalue weighted by molar-refractivity contribution is 0.0690. The lowest BCUT2D eigenvalue weighted by Crippen LogP contribution is -1.98. The van der Waals surface area contributed by atoms with Crippen LogP contribution in [0.4, 0.5) is 0 Å². The molecule has 15 heavy (non-hydrogen) atoms. The molecule has 0 saturated heterocycles. The number of aromatic nitrogens is 3. The van der Waals surface area contributed by atoms with E-state index in [-0.39, 0.29) is 5.69 Å². The number of carbonyl (C=O) groups is 1. The zero-order valence-corrected chi connectivity index (χ0v) is 7.82. The highest BCUT2D eigenvalue weighted by molar-refractivity contribution is 5.84. The summed E-state index contributed by atoms with van der Waals surface area (Å²) in [6.45, 7) is 0.